The Morgan fingerprint density at radius 1 is 1.53 bits per heavy atom. The molecule has 1 fully saturated rings. The summed E-state index contributed by atoms with van der Waals surface area (Å²) in [7, 11) is -0.935. The predicted molar refractivity (Wildman–Crippen MR) is 66.3 cm³/mol. The fourth-order valence-electron chi connectivity index (χ4n) is 2.15. The fraction of sp³-hybridized carbons (Fsp3) is 0.800. The summed E-state index contributed by atoms with van der Waals surface area (Å²) in [5.74, 6) is 0.165. The van der Waals surface area contributed by atoms with Crippen LogP contribution in [0.3, 0.4) is 0 Å². The number of amides is 1. The van der Waals surface area contributed by atoms with Crippen LogP contribution in [0.5, 0.6) is 0 Å². The molecule has 0 saturated heterocycles. The molecule has 98 valence electrons. The first-order chi connectivity index (χ1) is 8.03. The van der Waals surface area contributed by atoms with Crippen molar-refractivity contribution in [2.75, 3.05) is 18.6 Å². The summed E-state index contributed by atoms with van der Waals surface area (Å²) >= 11 is 0. The van der Waals surface area contributed by atoms with Crippen molar-refractivity contribution in [3.8, 4) is 0 Å². The highest BCUT2D eigenvalue weighted by Gasteiger charge is 2.45. The number of hydrogen-bond donors (Lipinski definition) is 3. The molecule has 0 aromatic carbocycles. The molecule has 0 radical (unpaired) electrons. The summed E-state index contributed by atoms with van der Waals surface area (Å²) in [6.07, 6.45) is 4.57. The van der Waals surface area contributed by atoms with Crippen molar-refractivity contribution in [1.82, 2.24) is 5.32 Å². The lowest BCUT2D eigenvalue weighted by Gasteiger charge is -2.25. The van der Waals surface area contributed by atoms with Gasteiger partial charge in [0, 0.05) is 29.4 Å². The minimum Gasteiger partial charge on any atom is -0.409 e. The van der Waals surface area contributed by atoms with Gasteiger partial charge in [0.1, 0.15) is 5.41 Å². The molecular weight excluding hydrogens is 242 g/mol. The molecule has 1 aliphatic carbocycles. The molecule has 6 nitrogen and oxygen atoms in total. The average Bonchev–Trinajstić information content (AvgIpc) is 2.77. The second-order valence-corrected chi connectivity index (χ2v) is 5.86. The molecule has 1 unspecified atom stereocenters. The molecular formula is C10H19N3O3S. The molecule has 1 saturated carbocycles. The fourth-order valence-corrected chi connectivity index (χ4v) is 2.54. The van der Waals surface area contributed by atoms with Crippen LogP contribution in [0.1, 0.15) is 25.7 Å². The maximum absolute atomic E-state index is 12.1. The summed E-state index contributed by atoms with van der Waals surface area (Å²) in [6, 6.07) is 0. The van der Waals surface area contributed by atoms with Crippen molar-refractivity contribution < 1.29 is 14.2 Å². The van der Waals surface area contributed by atoms with Crippen molar-refractivity contribution in [3.05, 3.63) is 0 Å². The Morgan fingerprint density at radius 3 is 2.59 bits per heavy atom. The van der Waals surface area contributed by atoms with Gasteiger partial charge in [-0.3, -0.25) is 9.00 Å². The summed E-state index contributed by atoms with van der Waals surface area (Å²) in [5, 5.41) is 14.4. The Morgan fingerprint density at radius 2 is 2.12 bits per heavy atom. The van der Waals surface area contributed by atoms with Gasteiger partial charge in [-0.05, 0) is 12.8 Å². The van der Waals surface area contributed by atoms with Crippen molar-refractivity contribution in [1.29, 1.82) is 0 Å². The summed E-state index contributed by atoms with van der Waals surface area (Å²) < 4.78 is 10.9. The standard InChI is InChI=1S/C10H19N3O3S/c1-17(16)7-6-12-9(14)10(8(11)13-15)4-2-3-5-10/h15H,2-7H2,1H3,(H2,11,13)(H,12,14). The van der Waals surface area contributed by atoms with E-state index in [2.05, 4.69) is 10.5 Å². The third-order valence-corrected chi connectivity index (χ3v) is 3.94. The van der Waals surface area contributed by atoms with E-state index in [1.165, 1.54) is 0 Å². The van der Waals surface area contributed by atoms with Gasteiger partial charge in [-0.2, -0.15) is 0 Å². The molecule has 0 spiro atoms. The van der Waals surface area contributed by atoms with E-state index in [0.29, 0.717) is 25.1 Å². The van der Waals surface area contributed by atoms with Gasteiger partial charge in [0.25, 0.3) is 0 Å². The van der Waals surface area contributed by atoms with Crippen molar-refractivity contribution in [2.45, 2.75) is 25.7 Å². The third kappa shape index (κ3) is 3.18. The van der Waals surface area contributed by atoms with Crippen LogP contribution < -0.4 is 11.1 Å². The van der Waals surface area contributed by atoms with Crippen LogP contribution in [-0.2, 0) is 15.6 Å². The van der Waals surface area contributed by atoms with Crippen LogP contribution in [0, 0.1) is 5.41 Å². The lowest BCUT2D eigenvalue weighted by molar-refractivity contribution is -0.127. The van der Waals surface area contributed by atoms with Gasteiger partial charge in [-0.15, -0.1) is 0 Å². The summed E-state index contributed by atoms with van der Waals surface area (Å²) in [4.78, 5) is 12.1. The minimum absolute atomic E-state index is 0.0230. The zero-order chi connectivity index (χ0) is 12.9. The number of rotatable bonds is 5. The second kappa shape index (κ2) is 6.00. The molecule has 1 rings (SSSR count). The van der Waals surface area contributed by atoms with E-state index in [1.54, 1.807) is 6.26 Å². The van der Waals surface area contributed by atoms with Gasteiger partial charge in [-0.25, -0.2) is 0 Å². The molecule has 0 aromatic heterocycles. The molecule has 1 amide bonds. The SMILES string of the molecule is CS(=O)CCNC(=O)C1(C(N)=NO)CCCC1. The van der Waals surface area contributed by atoms with Gasteiger partial charge < -0.3 is 16.3 Å². The van der Waals surface area contributed by atoms with Crippen molar-refractivity contribution in [2.24, 2.45) is 16.3 Å². The van der Waals surface area contributed by atoms with Crippen LogP contribution in [-0.4, -0.2) is 39.7 Å². The van der Waals surface area contributed by atoms with Crippen molar-refractivity contribution >= 4 is 22.5 Å². The Bertz CT molecular complexity index is 338. The van der Waals surface area contributed by atoms with Gasteiger partial charge in [0.05, 0.1) is 0 Å². The Balaban J connectivity index is 2.65. The highest BCUT2D eigenvalue weighted by atomic mass is 32.2. The number of nitrogens with one attached hydrogen (secondary N) is 1. The van der Waals surface area contributed by atoms with Crippen molar-refractivity contribution in [3.63, 3.8) is 0 Å². The topological polar surface area (TPSA) is 105 Å². The Hall–Kier alpha value is -1.11. The maximum Gasteiger partial charge on any atom is 0.233 e. The summed E-state index contributed by atoms with van der Waals surface area (Å²) in [6.45, 7) is 0.350. The molecule has 0 aromatic rings. The van der Waals surface area contributed by atoms with E-state index in [4.69, 9.17) is 10.9 Å². The lowest BCUT2D eigenvalue weighted by atomic mass is 9.84. The summed E-state index contributed by atoms with van der Waals surface area (Å²) in [5.41, 5.74) is 4.75. The average molecular weight is 261 g/mol. The van der Waals surface area contributed by atoms with E-state index < -0.39 is 16.2 Å². The first-order valence-electron chi connectivity index (χ1n) is 5.59. The largest absolute Gasteiger partial charge is 0.409 e. The molecule has 1 atom stereocenters. The van der Waals surface area contributed by atoms with Gasteiger partial charge >= 0.3 is 0 Å². The number of nitrogens with two attached hydrogens (primary N) is 1. The molecule has 17 heavy (non-hydrogen) atoms. The number of oxime groups is 1. The van der Waals surface area contributed by atoms with Crippen LogP contribution in [0.2, 0.25) is 0 Å². The molecule has 0 heterocycles. The normalized spacial score (nSPS) is 21.1. The smallest absolute Gasteiger partial charge is 0.233 e. The van der Waals surface area contributed by atoms with Crippen LogP contribution in [0.15, 0.2) is 5.16 Å². The highest BCUT2D eigenvalue weighted by molar-refractivity contribution is 7.84. The van der Waals surface area contributed by atoms with Crippen LogP contribution in [0.25, 0.3) is 0 Å². The number of carbonyl (C=O) groups excluding carboxylic acids is 1. The van der Waals surface area contributed by atoms with E-state index >= 15 is 0 Å². The Kier molecular flexibility index (Phi) is 4.92. The molecule has 7 heteroatoms. The molecule has 1 aliphatic rings. The third-order valence-electron chi connectivity index (χ3n) is 3.16. The van der Waals surface area contributed by atoms with E-state index in [-0.39, 0.29) is 11.7 Å². The zero-order valence-corrected chi connectivity index (χ0v) is 10.8. The Labute approximate surface area is 103 Å². The number of nitrogens with zero attached hydrogens (tertiary/aromatic N) is 1. The van der Waals surface area contributed by atoms with E-state index in [1.807, 2.05) is 0 Å². The van der Waals surface area contributed by atoms with E-state index in [9.17, 15) is 9.00 Å². The minimum atomic E-state index is -0.935. The highest BCUT2D eigenvalue weighted by Crippen LogP contribution is 2.38. The zero-order valence-electron chi connectivity index (χ0n) is 9.94. The molecule has 4 N–H and O–H groups in total. The monoisotopic (exact) mass is 261 g/mol. The van der Waals surface area contributed by atoms with Gasteiger partial charge in [0.15, 0.2) is 5.84 Å². The second-order valence-electron chi connectivity index (χ2n) is 4.31. The van der Waals surface area contributed by atoms with Crippen LogP contribution in [0.4, 0.5) is 0 Å². The molecule has 0 bridgehead atoms. The van der Waals surface area contributed by atoms with Gasteiger partial charge in [0.2, 0.25) is 5.91 Å². The van der Waals surface area contributed by atoms with E-state index in [0.717, 1.165) is 12.8 Å². The first-order valence-corrected chi connectivity index (χ1v) is 7.32. The number of amidine groups is 1. The molecule has 0 aliphatic heterocycles. The quantitative estimate of drug-likeness (QED) is 0.275. The predicted octanol–water partition coefficient (Wildman–Crippen LogP) is -0.212. The maximum atomic E-state index is 12.1. The number of carbonyl (C=O) groups is 1. The first kappa shape index (κ1) is 14.0. The van der Waals surface area contributed by atoms with Gasteiger partial charge in [-0.1, -0.05) is 18.0 Å². The van der Waals surface area contributed by atoms with Crippen LogP contribution >= 0.6 is 0 Å². The number of hydrogen-bond acceptors (Lipinski definition) is 4. The lowest BCUT2D eigenvalue weighted by Crippen LogP contribution is -2.48.